The average molecular weight is 405 g/mol. The second kappa shape index (κ2) is 8.65. The first-order valence-corrected chi connectivity index (χ1v) is 11.2. The fourth-order valence-corrected chi connectivity index (χ4v) is 4.89. The first-order chi connectivity index (χ1) is 13.2. The van der Waals surface area contributed by atoms with E-state index in [2.05, 4.69) is 20.1 Å². The van der Waals surface area contributed by atoms with Gasteiger partial charge < -0.3 is 5.32 Å². The Bertz CT molecular complexity index is 799. The molecule has 0 atom stereocenters. The number of nitrogens with one attached hydrogen (secondary N) is 1. The van der Waals surface area contributed by atoms with Crippen molar-refractivity contribution in [2.45, 2.75) is 56.1 Å². The number of rotatable bonds is 7. The Morgan fingerprint density at radius 1 is 1.15 bits per heavy atom. The minimum Gasteiger partial charge on any atom is -0.355 e. The number of benzene rings is 1. The number of carbonyl (C=O) groups is 1. The van der Waals surface area contributed by atoms with Gasteiger partial charge in [0.1, 0.15) is 0 Å². The summed E-state index contributed by atoms with van der Waals surface area (Å²) in [6.07, 6.45) is 8.46. The highest BCUT2D eigenvalue weighted by molar-refractivity contribution is 7.99. The van der Waals surface area contributed by atoms with Gasteiger partial charge >= 0.3 is 0 Å². The molecule has 0 saturated heterocycles. The highest BCUT2D eigenvalue weighted by Gasteiger charge is 2.26. The lowest BCUT2D eigenvalue weighted by Gasteiger charge is -2.25. The van der Waals surface area contributed by atoms with Gasteiger partial charge in [0, 0.05) is 18.2 Å². The summed E-state index contributed by atoms with van der Waals surface area (Å²) in [4.78, 5) is 12.2. The summed E-state index contributed by atoms with van der Waals surface area (Å²) in [6, 6.07) is 8.13. The number of amides is 1. The van der Waals surface area contributed by atoms with Crippen molar-refractivity contribution in [3.8, 4) is 11.4 Å². The van der Waals surface area contributed by atoms with E-state index >= 15 is 0 Å². The molecule has 2 aliphatic rings. The zero-order valence-electron chi connectivity index (χ0n) is 15.4. The number of thioether (sulfide) groups is 1. The minimum absolute atomic E-state index is 0.0761. The fourth-order valence-electron chi connectivity index (χ4n) is 3.83. The van der Waals surface area contributed by atoms with Crippen LogP contribution in [0, 0.1) is 5.92 Å². The molecule has 2 aliphatic carbocycles. The maximum absolute atomic E-state index is 12.2. The number of halogens is 1. The van der Waals surface area contributed by atoms with Gasteiger partial charge in [-0.3, -0.25) is 9.36 Å². The van der Waals surface area contributed by atoms with Crippen LogP contribution in [0.4, 0.5) is 0 Å². The molecule has 1 aromatic heterocycles. The second-order valence-corrected chi connectivity index (χ2v) is 8.83. The van der Waals surface area contributed by atoms with Crippen LogP contribution in [0.25, 0.3) is 11.4 Å². The van der Waals surface area contributed by atoms with E-state index in [0.29, 0.717) is 22.7 Å². The van der Waals surface area contributed by atoms with Gasteiger partial charge in [0.25, 0.3) is 0 Å². The molecule has 2 aromatic rings. The molecule has 1 aromatic carbocycles. The van der Waals surface area contributed by atoms with Crippen molar-refractivity contribution >= 4 is 29.3 Å². The van der Waals surface area contributed by atoms with Crippen molar-refractivity contribution in [1.29, 1.82) is 0 Å². The molecule has 144 valence electrons. The molecule has 0 aliphatic heterocycles. The Morgan fingerprint density at radius 2 is 1.93 bits per heavy atom. The van der Waals surface area contributed by atoms with Gasteiger partial charge in [-0.1, -0.05) is 54.8 Å². The van der Waals surface area contributed by atoms with Crippen LogP contribution in [0.5, 0.6) is 0 Å². The van der Waals surface area contributed by atoms with Crippen LogP contribution in [0.15, 0.2) is 29.4 Å². The van der Waals surface area contributed by atoms with E-state index in [1.165, 1.54) is 43.9 Å². The summed E-state index contributed by atoms with van der Waals surface area (Å²) in [5.74, 6) is 1.94. The quantitative estimate of drug-likeness (QED) is 0.678. The van der Waals surface area contributed by atoms with Gasteiger partial charge in [-0.05, 0) is 43.7 Å². The van der Waals surface area contributed by atoms with E-state index in [4.69, 9.17) is 11.6 Å². The van der Waals surface area contributed by atoms with E-state index in [-0.39, 0.29) is 5.91 Å². The third-order valence-corrected chi connectivity index (χ3v) is 6.89. The molecule has 1 N–H and O–H groups in total. The largest absolute Gasteiger partial charge is 0.355 e. The van der Waals surface area contributed by atoms with Crippen LogP contribution in [0.2, 0.25) is 5.02 Å². The van der Waals surface area contributed by atoms with Crippen LogP contribution in [0.3, 0.4) is 0 Å². The summed E-state index contributed by atoms with van der Waals surface area (Å²) < 4.78 is 2.21. The van der Waals surface area contributed by atoms with Crippen molar-refractivity contribution < 1.29 is 4.79 Å². The topological polar surface area (TPSA) is 59.8 Å². The molecule has 1 heterocycles. The third-order valence-electron chi connectivity index (χ3n) is 5.61. The van der Waals surface area contributed by atoms with Gasteiger partial charge in [0.2, 0.25) is 5.91 Å². The lowest BCUT2D eigenvalue weighted by Crippen LogP contribution is -2.33. The van der Waals surface area contributed by atoms with Crippen LogP contribution < -0.4 is 5.32 Å². The van der Waals surface area contributed by atoms with E-state index < -0.39 is 0 Å². The standard InChI is InChI=1S/C20H25ClN4OS/c21-17-11-4-3-10-16(17)19-23-24-20(25(19)15-8-1-2-9-15)27-13-18(26)22-12-14-6-5-7-14/h3-4,10-11,14-15H,1-2,5-9,12-13H2,(H,22,26). The summed E-state index contributed by atoms with van der Waals surface area (Å²) in [5, 5.41) is 13.4. The number of hydrogen-bond donors (Lipinski definition) is 1. The molecule has 4 rings (SSSR count). The molecule has 27 heavy (non-hydrogen) atoms. The second-order valence-electron chi connectivity index (χ2n) is 7.48. The van der Waals surface area contributed by atoms with Crippen LogP contribution >= 0.6 is 23.4 Å². The van der Waals surface area contributed by atoms with Gasteiger partial charge in [0.15, 0.2) is 11.0 Å². The van der Waals surface area contributed by atoms with Crippen molar-refractivity contribution in [2.75, 3.05) is 12.3 Å². The Morgan fingerprint density at radius 3 is 2.63 bits per heavy atom. The van der Waals surface area contributed by atoms with Crippen molar-refractivity contribution in [2.24, 2.45) is 5.92 Å². The smallest absolute Gasteiger partial charge is 0.230 e. The Kier molecular flexibility index (Phi) is 6.03. The van der Waals surface area contributed by atoms with Gasteiger partial charge in [0.05, 0.1) is 10.8 Å². The fraction of sp³-hybridized carbons (Fsp3) is 0.550. The number of hydrogen-bond acceptors (Lipinski definition) is 4. The van der Waals surface area contributed by atoms with Crippen LogP contribution in [-0.2, 0) is 4.79 Å². The van der Waals surface area contributed by atoms with E-state index in [9.17, 15) is 4.79 Å². The SMILES string of the molecule is O=C(CSc1nnc(-c2ccccc2Cl)n1C1CCCC1)NCC1CCC1. The first kappa shape index (κ1) is 18.8. The van der Waals surface area contributed by atoms with Crippen LogP contribution in [-0.4, -0.2) is 33.0 Å². The summed E-state index contributed by atoms with van der Waals surface area (Å²) in [7, 11) is 0. The summed E-state index contributed by atoms with van der Waals surface area (Å²) >= 11 is 7.89. The van der Waals surface area contributed by atoms with E-state index in [0.717, 1.165) is 35.9 Å². The summed E-state index contributed by atoms with van der Waals surface area (Å²) in [5.41, 5.74) is 0.903. The third kappa shape index (κ3) is 4.32. The van der Waals surface area contributed by atoms with E-state index in [1.807, 2.05) is 24.3 Å². The van der Waals surface area contributed by atoms with Gasteiger partial charge in [-0.25, -0.2) is 0 Å². The first-order valence-electron chi connectivity index (χ1n) is 9.81. The lowest BCUT2D eigenvalue weighted by atomic mass is 9.85. The van der Waals surface area contributed by atoms with E-state index in [1.54, 1.807) is 0 Å². The Hall–Kier alpha value is -1.53. The van der Waals surface area contributed by atoms with Crippen molar-refractivity contribution in [3.05, 3.63) is 29.3 Å². The van der Waals surface area contributed by atoms with Crippen LogP contribution in [0.1, 0.15) is 51.0 Å². The number of carbonyl (C=O) groups excluding carboxylic acids is 1. The normalized spacial score (nSPS) is 17.8. The molecule has 2 fully saturated rings. The molecular weight excluding hydrogens is 380 g/mol. The number of nitrogens with zero attached hydrogens (tertiary/aromatic N) is 3. The molecule has 0 bridgehead atoms. The van der Waals surface area contributed by atoms with Crippen molar-refractivity contribution in [1.82, 2.24) is 20.1 Å². The molecule has 2 saturated carbocycles. The van der Waals surface area contributed by atoms with Gasteiger partial charge in [-0.2, -0.15) is 0 Å². The predicted octanol–water partition coefficient (Wildman–Crippen LogP) is 4.72. The predicted molar refractivity (Wildman–Crippen MR) is 109 cm³/mol. The molecule has 0 radical (unpaired) electrons. The number of aromatic nitrogens is 3. The molecule has 5 nitrogen and oxygen atoms in total. The highest BCUT2D eigenvalue weighted by Crippen LogP contribution is 2.38. The zero-order chi connectivity index (χ0) is 18.6. The monoisotopic (exact) mass is 404 g/mol. The highest BCUT2D eigenvalue weighted by atomic mass is 35.5. The zero-order valence-corrected chi connectivity index (χ0v) is 16.9. The molecule has 7 heteroatoms. The molecule has 0 unspecified atom stereocenters. The Labute approximate surface area is 169 Å². The molecule has 1 amide bonds. The molecule has 0 spiro atoms. The maximum Gasteiger partial charge on any atom is 0.230 e. The van der Waals surface area contributed by atoms with Crippen molar-refractivity contribution in [3.63, 3.8) is 0 Å². The maximum atomic E-state index is 12.2. The summed E-state index contributed by atoms with van der Waals surface area (Å²) in [6.45, 7) is 0.805. The average Bonchev–Trinajstić information content (AvgIpc) is 3.28. The lowest BCUT2D eigenvalue weighted by molar-refractivity contribution is -0.118. The van der Waals surface area contributed by atoms with Gasteiger partial charge in [-0.15, -0.1) is 10.2 Å². The molecular formula is C20H25ClN4OS. The minimum atomic E-state index is 0.0761. The Balaban J connectivity index is 1.50.